The fourth-order valence-electron chi connectivity index (χ4n) is 4.88. The molecule has 6 nitrogen and oxygen atoms in total. The van der Waals surface area contributed by atoms with E-state index in [2.05, 4.69) is 22.5 Å². The SMILES string of the molecule is O=C(c1cc2n(n1)C(C(F)(F)F)CC(c1ccc(Cl)c(Cl)c1)N2)N1CC[NH+](Cc2ccccc2)CC1. The molecule has 1 fully saturated rings. The van der Waals surface area contributed by atoms with Crippen LogP contribution in [-0.2, 0) is 6.54 Å². The minimum atomic E-state index is -4.54. The average molecular weight is 539 g/mol. The Hall–Kier alpha value is -2.75. The van der Waals surface area contributed by atoms with E-state index in [-0.39, 0.29) is 28.9 Å². The zero-order valence-electron chi connectivity index (χ0n) is 19.2. The monoisotopic (exact) mass is 538 g/mol. The molecule has 1 amide bonds. The largest absolute Gasteiger partial charge is 0.410 e. The van der Waals surface area contributed by atoms with Crippen molar-refractivity contribution in [2.45, 2.75) is 31.2 Å². The van der Waals surface area contributed by atoms with Gasteiger partial charge in [-0.3, -0.25) is 4.79 Å². The molecular weight excluding hydrogens is 514 g/mol. The van der Waals surface area contributed by atoms with E-state index >= 15 is 0 Å². The molecule has 1 aromatic heterocycles. The number of carbonyl (C=O) groups is 1. The molecule has 3 aromatic rings. The second kappa shape index (κ2) is 9.95. The fourth-order valence-corrected chi connectivity index (χ4v) is 5.18. The summed E-state index contributed by atoms with van der Waals surface area (Å²) in [6.45, 7) is 3.43. The number of aromatic nitrogens is 2. The number of rotatable bonds is 4. The number of fused-ring (bicyclic) bond motifs is 1. The lowest BCUT2D eigenvalue weighted by Gasteiger charge is -2.33. The summed E-state index contributed by atoms with van der Waals surface area (Å²) in [6.07, 6.45) is -4.82. The van der Waals surface area contributed by atoms with E-state index in [0.29, 0.717) is 23.7 Å². The summed E-state index contributed by atoms with van der Waals surface area (Å²) in [5.41, 5.74) is 1.82. The topological polar surface area (TPSA) is 54.6 Å². The molecule has 5 rings (SSSR count). The molecule has 2 N–H and O–H groups in total. The Morgan fingerprint density at radius 2 is 1.78 bits per heavy atom. The standard InChI is InChI=1S/C25H24Cl2F3N5O/c26-18-7-6-17(12-19(18)27)20-13-22(25(28,29)30)35-23(31-20)14-21(32-35)24(36)34-10-8-33(9-11-34)15-16-4-2-1-3-5-16/h1-7,12,14,20,22,31H,8-11,13,15H2/p+1. The van der Waals surface area contributed by atoms with E-state index in [9.17, 15) is 18.0 Å². The van der Waals surface area contributed by atoms with Crippen LogP contribution in [0.1, 0.15) is 40.1 Å². The van der Waals surface area contributed by atoms with E-state index in [1.54, 1.807) is 23.1 Å². The molecule has 1 saturated heterocycles. The van der Waals surface area contributed by atoms with Crippen molar-refractivity contribution < 1.29 is 22.9 Å². The minimum Gasteiger partial charge on any atom is -0.363 e. The van der Waals surface area contributed by atoms with Crippen LogP contribution in [0, 0.1) is 0 Å². The molecule has 2 unspecified atom stereocenters. The van der Waals surface area contributed by atoms with Crippen molar-refractivity contribution in [3.63, 3.8) is 0 Å². The number of benzene rings is 2. The molecule has 0 spiro atoms. The molecule has 0 aliphatic carbocycles. The van der Waals surface area contributed by atoms with Crippen LogP contribution in [0.25, 0.3) is 0 Å². The molecule has 0 bridgehead atoms. The van der Waals surface area contributed by atoms with Crippen LogP contribution in [0.5, 0.6) is 0 Å². The number of halogens is 5. The normalized spacial score (nSPS) is 20.6. The number of amides is 1. The van der Waals surface area contributed by atoms with Crippen molar-refractivity contribution in [2.75, 3.05) is 31.5 Å². The van der Waals surface area contributed by atoms with Gasteiger partial charge in [0.1, 0.15) is 12.4 Å². The molecule has 11 heteroatoms. The number of alkyl halides is 3. The van der Waals surface area contributed by atoms with Gasteiger partial charge in [0, 0.05) is 18.1 Å². The maximum Gasteiger partial charge on any atom is 0.410 e. The Morgan fingerprint density at radius 3 is 2.44 bits per heavy atom. The van der Waals surface area contributed by atoms with Crippen molar-refractivity contribution in [3.8, 4) is 0 Å². The molecule has 2 aliphatic rings. The highest BCUT2D eigenvalue weighted by atomic mass is 35.5. The van der Waals surface area contributed by atoms with Crippen molar-refractivity contribution in [3.05, 3.63) is 81.5 Å². The fraction of sp³-hybridized carbons (Fsp3) is 0.360. The number of nitrogens with zero attached hydrogens (tertiary/aromatic N) is 3. The maximum absolute atomic E-state index is 14.0. The van der Waals surface area contributed by atoms with E-state index in [1.807, 2.05) is 18.2 Å². The Balaban J connectivity index is 1.32. The van der Waals surface area contributed by atoms with Crippen LogP contribution in [-0.4, -0.2) is 52.9 Å². The number of piperazine rings is 1. The van der Waals surface area contributed by atoms with Gasteiger partial charge in [0.25, 0.3) is 5.91 Å². The van der Waals surface area contributed by atoms with Gasteiger partial charge in [-0.2, -0.15) is 18.3 Å². The van der Waals surface area contributed by atoms with Crippen LogP contribution in [0.3, 0.4) is 0 Å². The molecule has 190 valence electrons. The zero-order chi connectivity index (χ0) is 25.4. The predicted molar refractivity (Wildman–Crippen MR) is 132 cm³/mol. The first-order valence-corrected chi connectivity index (χ1v) is 12.5. The highest BCUT2D eigenvalue weighted by Crippen LogP contribution is 2.44. The van der Waals surface area contributed by atoms with Crippen LogP contribution < -0.4 is 10.2 Å². The van der Waals surface area contributed by atoms with Crippen LogP contribution >= 0.6 is 23.2 Å². The minimum absolute atomic E-state index is 0.00745. The lowest BCUT2D eigenvalue weighted by atomic mass is 9.97. The van der Waals surface area contributed by atoms with Gasteiger partial charge in [-0.1, -0.05) is 59.6 Å². The highest BCUT2D eigenvalue weighted by Gasteiger charge is 2.47. The molecular formula is C25H25Cl2F3N5O+. The third-order valence-corrected chi connectivity index (χ3v) is 7.55. The lowest BCUT2D eigenvalue weighted by Crippen LogP contribution is -3.13. The first kappa shape index (κ1) is 24.9. The van der Waals surface area contributed by atoms with Gasteiger partial charge in [-0.25, -0.2) is 4.68 Å². The quantitative estimate of drug-likeness (QED) is 0.518. The number of carbonyl (C=O) groups excluding carboxylic acids is 1. The van der Waals surface area contributed by atoms with E-state index in [1.165, 1.54) is 16.5 Å². The molecule has 36 heavy (non-hydrogen) atoms. The second-order valence-electron chi connectivity index (χ2n) is 9.23. The van der Waals surface area contributed by atoms with E-state index in [4.69, 9.17) is 23.2 Å². The van der Waals surface area contributed by atoms with Gasteiger partial charge in [-0.15, -0.1) is 0 Å². The van der Waals surface area contributed by atoms with E-state index in [0.717, 1.165) is 24.3 Å². The van der Waals surface area contributed by atoms with Crippen LogP contribution in [0.4, 0.5) is 19.0 Å². The number of nitrogens with one attached hydrogen (secondary N) is 2. The summed E-state index contributed by atoms with van der Waals surface area (Å²) in [7, 11) is 0. The summed E-state index contributed by atoms with van der Waals surface area (Å²) >= 11 is 12.1. The van der Waals surface area contributed by atoms with E-state index < -0.39 is 18.3 Å². The van der Waals surface area contributed by atoms with Gasteiger partial charge < -0.3 is 15.1 Å². The third kappa shape index (κ3) is 5.19. The average Bonchev–Trinajstić information content (AvgIpc) is 3.29. The first-order chi connectivity index (χ1) is 17.2. The molecule has 2 aromatic carbocycles. The van der Waals surface area contributed by atoms with Crippen LogP contribution in [0.15, 0.2) is 54.6 Å². The summed E-state index contributed by atoms with van der Waals surface area (Å²) in [5.74, 6) is -0.208. The molecule has 2 atom stereocenters. The summed E-state index contributed by atoms with van der Waals surface area (Å²) in [6, 6.07) is 13.8. The summed E-state index contributed by atoms with van der Waals surface area (Å²) in [5, 5.41) is 7.80. The molecule has 3 heterocycles. The van der Waals surface area contributed by atoms with Gasteiger partial charge in [0.2, 0.25) is 0 Å². The van der Waals surface area contributed by atoms with Crippen molar-refractivity contribution in [1.82, 2.24) is 14.7 Å². The number of hydrogen-bond acceptors (Lipinski definition) is 3. The lowest BCUT2D eigenvalue weighted by molar-refractivity contribution is -0.917. The Morgan fingerprint density at radius 1 is 1.06 bits per heavy atom. The molecule has 0 radical (unpaired) electrons. The number of hydrogen-bond donors (Lipinski definition) is 2. The Bertz CT molecular complexity index is 1240. The maximum atomic E-state index is 14.0. The number of anilines is 1. The zero-order valence-corrected chi connectivity index (χ0v) is 20.7. The third-order valence-electron chi connectivity index (χ3n) is 6.81. The summed E-state index contributed by atoms with van der Waals surface area (Å²) in [4.78, 5) is 16.2. The Labute approximate surface area is 216 Å². The van der Waals surface area contributed by atoms with Crippen molar-refractivity contribution >= 4 is 34.9 Å². The smallest absolute Gasteiger partial charge is 0.363 e. The molecule has 0 saturated carbocycles. The van der Waals surface area contributed by atoms with Gasteiger partial charge in [0.05, 0.1) is 42.3 Å². The summed E-state index contributed by atoms with van der Waals surface area (Å²) < 4.78 is 42.9. The number of quaternary nitrogens is 1. The van der Waals surface area contributed by atoms with Crippen LogP contribution in [0.2, 0.25) is 10.0 Å². The highest BCUT2D eigenvalue weighted by molar-refractivity contribution is 6.42. The van der Waals surface area contributed by atoms with Crippen molar-refractivity contribution in [2.24, 2.45) is 0 Å². The Kier molecular flexibility index (Phi) is 6.89. The first-order valence-electron chi connectivity index (χ1n) is 11.7. The second-order valence-corrected chi connectivity index (χ2v) is 10.0. The predicted octanol–water partition coefficient (Wildman–Crippen LogP) is 4.39. The molecule has 2 aliphatic heterocycles. The van der Waals surface area contributed by atoms with Gasteiger partial charge in [0.15, 0.2) is 11.7 Å². The van der Waals surface area contributed by atoms with Crippen molar-refractivity contribution in [1.29, 1.82) is 0 Å². The van der Waals surface area contributed by atoms with Gasteiger partial charge >= 0.3 is 6.18 Å². The van der Waals surface area contributed by atoms with Gasteiger partial charge in [-0.05, 0) is 17.7 Å².